The number of carbonyl (C=O) groups is 2. The second-order valence-corrected chi connectivity index (χ2v) is 5.74. The summed E-state index contributed by atoms with van der Waals surface area (Å²) in [5.74, 6) is -1.00. The van der Waals surface area contributed by atoms with Crippen molar-refractivity contribution in [1.29, 1.82) is 0 Å². The van der Waals surface area contributed by atoms with E-state index in [0.717, 1.165) is 0 Å². The predicted molar refractivity (Wildman–Crippen MR) is 68.6 cm³/mol. The standard InChI is InChI=1S/C13H23NO5/c1-13(2,3)19-12(17)14-7-5-9(11(16)18-4)10(15)6-8-14/h9-10,15H,5-8H2,1-4H3. The van der Waals surface area contributed by atoms with Gasteiger partial charge in [-0.05, 0) is 33.6 Å². The van der Waals surface area contributed by atoms with Crippen LogP contribution in [0.25, 0.3) is 0 Å². The number of carbonyl (C=O) groups excluding carboxylic acids is 2. The number of hydrogen-bond acceptors (Lipinski definition) is 5. The van der Waals surface area contributed by atoms with Gasteiger partial charge in [0.1, 0.15) is 5.60 Å². The van der Waals surface area contributed by atoms with Crippen molar-refractivity contribution in [3.63, 3.8) is 0 Å². The fraction of sp³-hybridized carbons (Fsp3) is 0.846. The molecule has 0 bridgehead atoms. The third kappa shape index (κ3) is 4.70. The Morgan fingerprint density at radius 1 is 1.21 bits per heavy atom. The SMILES string of the molecule is COC(=O)C1CCN(C(=O)OC(C)(C)C)CCC1O. The Kier molecular flexibility index (Phi) is 5.17. The Morgan fingerprint density at radius 2 is 1.79 bits per heavy atom. The molecule has 1 aliphatic heterocycles. The number of amides is 1. The van der Waals surface area contributed by atoms with Crippen molar-refractivity contribution in [2.45, 2.75) is 45.3 Å². The van der Waals surface area contributed by atoms with E-state index in [2.05, 4.69) is 4.74 Å². The Morgan fingerprint density at radius 3 is 2.32 bits per heavy atom. The van der Waals surface area contributed by atoms with Crippen LogP contribution >= 0.6 is 0 Å². The first-order valence-corrected chi connectivity index (χ1v) is 6.48. The molecule has 6 heteroatoms. The highest BCUT2D eigenvalue weighted by Crippen LogP contribution is 2.21. The Bertz CT molecular complexity index is 336. The van der Waals surface area contributed by atoms with Gasteiger partial charge in [0.25, 0.3) is 0 Å². The highest BCUT2D eigenvalue weighted by molar-refractivity contribution is 5.73. The van der Waals surface area contributed by atoms with E-state index in [1.807, 2.05) is 0 Å². The molecule has 0 aliphatic carbocycles. The van der Waals surface area contributed by atoms with Crippen LogP contribution in [0.15, 0.2) is 0 Å². The largest absolute Gasteiger partial charge is 0.469 e. The molecule has 1 amide bonds. The molecule has 0 spiro atoms. The monoisotopic (exact) mass is 273 g/mol. The first-order valence-electron chi connectivity index (χ1n) is 6.48. The zero-order chi connectivity index (χ0) is 14.6. The number of rotatable bonds is 1. The molecule has 110 valence electrons. The Hall–Kier alpha value is -1.30. The highest BCUT2D eigenvalue weighted by atomic mass is 16.6. The predicted octanol–water partition coefficient (Wildman–Crippen LogP) is 1.17. The van der Waals surface area contributed by atoms with Gasteiger partial charge in [-0.3, -0.25) is 4.79 Å². The van der Waals surface area contributed by atoms with Gasteiger partial charge in [0, 0.05) is 13.1 Å². The molecule has 2 unspecified atom stereocenters. The molecule has 0 aromatic rings. The minimum absolute atomic E-state index is 0.346. The summed E-state index contributed by atoms with van der Waals surface area (Å²) in [5, 5.41) is 9.90. The second kappa shape index (κ2) is 6.23. The van der Waals surface area contributed by atoms with E-state index < -0.39 is 29.7 Å². The van der Waals surface area contributed by atoms with Crippen molar-refractivity contribution in [3.05, 3.63) is 0 Å². The fourth-order valence-corrected chi connectivity index (χ4v) is 2.02. The molecule has 0 saturated carbocycles. The van der Waals surface area contributed by atoms with E-state index >= 15 is 0 Å². The smallest absolute Gasteiger partial charge is 0.410 e. The molecule has 0 radical (unpaired) electrons. The van der Waals surface area contributed by atoms with Gasteiger partial charge >= 0.3 is 12.1 Å². The zero-order valence-corrected chi connectivity index (χ0v) is 12.0. The molecule has 1 fully saturated rings. The normalized spacial score (nSPS) is 24.6. The maximum Gasteiger partial charge on any atom is 0.410 e. The van der Waals surface area contributed by atoms with Crippen molar-refractivity contribution in [3.8, 4) is 0 Å². The van der Waals surface area contributed by atoms with Crippen LogP contribution in [-0.4, -0.2) is 54.0 Å². The van der Waals surface area contributed by atoms with Gasteiger partial charge in [-0.1, -0.05) is 0 Å². The van der Waals surface area contributed by atoms with Gasteiger partial charge in [0.15, 0.2) is 0 Å². The minimum atomic E-state index is -0.778. The van der Waals surface area contributed by atoms with Gasteiger partial charge in [-0.25, -0.2) is 4.79 Å². The second-order valence-electron chi connectivity index (χ2n) is 5.74. The molecule has 1 N–H and O–H groups in total. The van der Waals surface area contributed by atoms with Crippen molar-refractivity contribution < 1.29 is 24.2 Å². The van der Waals surface area contributed by atoms with Crippen LogP contribution < -0.4 is 0 Å². The summed E-state index contributed by atoms with van der Waals surface area (Å²) in [6, 6.07) is 0. The van der Waals surface area contributed by atoms with Gasteiger partial charge < -0.3 is 19.5 Å². The maximum atomic E-state index is 11.9. The molecule has 0 aromatic heterocycles. The van der Waals surface area contributed by atoms with Crippen LogP contribution in [0.5, 0.6) is 0 Å². The highest BCUT2D eigenvalue weighted by Gasteiger charge is 2.33. The lowest BCUT2D eigenvalue weighted by Crippen LogP contribution is -2.37. The van der Waals surface area contributed by atoms with Crippen LogP contribution in [0.1, 0.15) is 33.6 Å². The summed E-state index contributed by atoms with van der Waals surface area (Å²) in [4.78, 5) is 25.0. The number of aliphatic hydroxyl groups excluding tert-OH is 1. The number of likely N-dealkylation sites (tertiary alicyclic amines) is 1. The molecule has 0 aromatic carbocycles. The molecule has 6 nitrogen and oxygen atoms in total. The maximum absolute atomic E-state index is 11.9. The summed E-state index contributed by atoms with van der Waals surface area (Å²) < 4.78 is 9.94. The zero-order valence-electron chi connectivity index (χ0n) is 12.0. The first kappa shape index (κ1) is 15.8. The van der Waals surface area contributed by atoms with Crippen LogP contribution in [0.2, 0.25) is 0 Å². The van der Waals surface area contributed by atoms with Crippen molar-refractivity contribution in [2.75, 3.05) is 20.2 Å². The van der Waals surface area contributed by atoms with E-state index in [1.165, 1.54) is 12.0 Å². The summed E-state index contributed by atoms with van der Waals surface area (Å²) in [7, 11) is 1.30. The van der Waals surface area contributed by atoms with Gasteiger partial charge in [-0.2, -0.15) is 0 Å². The van der Waals surface area contributed by atoms with Crippen molar-refractivity contribution in [2.24, 2.45) is 5.92 Å². The first-order chi connectivity index (χ1) is 8.74. The average molecular weight is 273 g/mol. The summed E-state index contributed by atoms with van der Waals surface area (Å²) in [6.45, 7) is 6.16. The molecule has 2 atom stereocenters. The van der Waals surface area contributed by atoms with Crippen molar-refractivity contribution in [1.82, 2.24) is 4.90 Å². The molecule has 1 rings (SSSR count). The molecular weight excluding hydrogens is 250 g/mol. The Balaban J connectivity index is 2.62. The van der Waals surface area contributed by atoms with Crippen molar-refractivity contribution >= 4 is 12.1 Å². The number of methoxy groups -OCH3 is 1. The number of esters is 1. The fourth-order valence-electron chi connectivity index (χ4n) is 2.02. The molecule has 19 heavy (non-hydrogen) atoms. The molecular formula is C13H23NO5. The van der Waals surface area contributed by atoms with Crippen LogP contribution in [0, 0.1) is 5.92 Å². The van der Waals surface area contributed by atoms with E-state index in [1.54, 1.807) is 20.8 Å². The quantitative estimate of drug-likeness (QED) is 0.726. The number of ether oxygens (including phenoxy) is 2. The van der Waals surface area contributed by atoms with Crippen LogP contribution in [-0.2, 0) is 14.3 Å². The van der Waals surface area contributed by atoms with E-state index in [0.29, 0.717) is 25.9 Å². The van der Waals surface area contributed by atoms with Gasteiger partial charge in [0.2, 0.25) is 0 Å². The third-order valence-corrected chi connectivity index (χ3v) is 3.02. The third-order valence-electron chi connectivity index (χ3n) is 3.02. The molecule has 1 aliphatic rings. The minimum Gasteiger partial charge on any atom is -0.469 e. The lowest BCUT2D eigenvalue weighted by molar-refractivity contribution is -0.149. The molecule has 1 saturated heterocycles. The number of aliphatic hydroxyl groups is 1. The van der Waals surface area contributed by atoms with Gasteiger partial charge in [-0.15, -0.1) is 0 Å². The topological polar surface area (TPSA) is 76.1 Å². The van der Waals surface area contributed by atoms with E-state index in [4.69, 9.17) is 4.74 Å². The summed E-state index contributed by atoms with van der Waals surface area (Å²) in [5.41, 5.74) is -0.552. The average Bonchev–Trinajstić information content (AvgIpc) is 2.48. The Labute approximate surface area is 113 Å². The molecule has 1 heterocycles. The van der Waals surface area contributed by atoms with Crippen LogP contribution in [0.4, 0.5) is 4.79 Å². The van der Waals surface area contributed by atoms with E-state index in [-0.39, 0.29) is 0 Å². The summed E-state index contributed by atoms with van der Waals surface area (Å²) >= 11 is 0. The summed E-state index contributed by atoms with van der Waals surface area (Å²) in [6.07, 6.45) is -0.461. The number of hydrogen-bond donors (Lipinski definition) is 1. The van der Waals surface area contributed by atoms with E-state index in [9.17, 15) is 14.7 Å². The number of nitrogens with zero attached hydrogens (tertiary/aromatic N) is 1. The van der Waals surface area contributed by atoms with Gasteiger partial charge in [0.05, 0.1) is 19.1 Å². The van der Waals surface area contributed by atoms with Crippen LogP contribution in [0.3, 0.4) is 0 Å². The lowest BCUT2D eigenvalue weighted by Gasteiger charge is -2.26. The lowest BCUT2D eigenvalue weighted by atomic mass is 9.98.